The van der Waals surface area contributed by atoms with E-state index in [-0.39, 0.29) is 24.0 Å². The van der Waals surface area contributed by atoms with Gasteiger partial charge in [-0.1, -0.05) is 12.8 Å². The molecule has 0 atom stereocenters. The van der Waals surface area contributed by atoms with Gasteiger partial charge >= 0.3 is 0 Å². The topological polar surface area (TPSA) is 77.8 Å². The van der Waals surface area contributed by atoms with Crippen LogP contribution in [0.4, 0.5) is 0 Å². The van der Waals surface area contributed by atoms with E-state index in [0.29, 0.717) is 11.8 Å². The van der Waals surface area contributed by atoms with Crippen molar-refractivity contribution in [3.8, 4) is 0 Å². The highest BCUT2D eigenvalue weighted by Crippen LogP contribution is 2.26. The van der Waals surface area contributed by atoms with Crippen LogP contribution < -0.4 is 10.6 Å². The highest BCUT2D eigenvalue weighted by atomic mass is 127. The average Bonchev–Trinajstić information content (AvgIpc) is 3.39. The van der Waals surface area contributed by atoms with Crippen molar-refractivity contribution < 1.29 is 4.79 Å². The van der Waals surface area contributed by atoms with E-state index in [1.807, 2.05) is 14.0 Å². The Morgan fingerprint density at radius 1 is 1.10 bits per heavy atom. The lowest BCUT2D eigenvalue weighted by Gasteiger charge is -2.36. The second kappa shape index (κ2) is 13.2. The number of piperazine rings is 1. The number of aliphatic imine (C=N–C) groups is 1. The van der Waals surface area contributed by atoms with Gasteiger partial charge in [-0.05, 0) is 39.2 Å². The lowest BCUT2D eigenvalue weighted by molar-refractivity contribution is -0.137. The van der Waals surface area contributed by atoms with Crippen LogP contribution in [0.3, 0.4) is 0 Å². The zero-order valence-corrected chi connectivity index (χ0v) is 21.7. The zero-order valence-electron chi connectivity index (χ0n) is 19.4. The summed E-state index contributed by atoms with van der Waals surface area (Å²) in [5.41, 5.74) is 2.28. The first kappa shape index (κ1) is 25.9. The molecule has 0 spiro atoms. The van der Waals surface area contributed by atoms with E-state index in [4.69, 9.17) is 0 Å². The van der Waals surface area contributed by atoms with Crippen molar-refractivity contribution in [3.63, 3.8) is 0 Å². The molecule has 2 heterocycles. The first-order valence-electron chi connectivity index (χ1n) is 11.5. The van der Waals surface area contributed by atoms with E-state index in [9.17, 15) is 4.79 Å². The van der Waals surface area contributed by atoms with Crippen LogP contribution in [-0.4, -0.2) is 84.3 Å². The van der Waals surface area contributed by atoms with Gasteiger partial charge in [0.1, 0.15) is 0 Å². The fraction of sp³-hybridized carbons (Fsp3) is 0.773. The van der Waals surface area contributed by atoms with Gasteiger partial charge in [-0.3, -0.25) is 19.4 Å². The summed E-state index contributed by atoms with van der Waals surface area (Å²) in [6.45, 7) is 11.4. The Hall–Kier alpha value is -1.36. The molecule has 1 amide bonds. The molecule has 1 aromatic heterocycles. The first-order valence-corrected chi connectivity index (χ1v) is 11.5. The molecule has 176 valence electrons. The van der Waals surface area contributed by atoms with E-state index >= 15 is 0 Å². The van der Waals surface area contributed by atoms with Gasteiger partial charge in [0.2, 0.25) is 5.91 Å². The Morgan fingerprint density at radius 3 is 2.39 bits per heavy atom. The standard InChI is InChI=1S/C22H39N7O.HI/c1-18-17-19(2)29(26-18)11-6-9-24-22(23-3)25-10-12-27-13-15-28(16-14-27)21(30)20-7-4-5-8-20;/h17,20H,4-16H2,1-3H3,(H2,23,24,25);1H. The summed E-state index contributed by atoms with van der Waals surface area (Å²) in [5.74, 6) is 1.54. The van der Waals surface area contributed by atoms with Crippen LogP contribution in [-0.2, 0) is 11.3 Å². The van der Waals surface area contributed by atoms with Gasteiger partial charge in [-0.25, -0.2) is 0 Å². The number of carbonyl (C=O) groups is 1. The van der Waals surface area contributed by atoms with E-state index < -0.39 is 0 Å². The van der Waals surface area contributed by atoms with Crippen LogP contribution in [0.25, 0.3) is 0 Å². The molecule has 1 saturated carbocycles. The van der Waals surface area contributed by atoms with Crippen LogP contribution in [0.1, 0.15) is 43.5 Å². The summed E-state index contributed by atoms with van der Waals surface area (Å²) in [4.78, 5) is 21.4. The average molecular weight is 546 g/mol. The second-order valence-electron chi connectivity index (χ2n) is 8.58. The van der Waals surface area contributed by atoms with E-state index in [1.165, 1.54) is 18.5 Å². The predicted octanol–water partition coefficient (Wildman–Crippen LogP) is 2.01. The number of amides is 1. The van der Waals surface area contributed by atoms with Crippen molar-refractivity contribution in [1.82, 2.24) is 30.2 Å². The van der Waals surface area contributed by atoms with Crippen LogP contribution >= 0.6 is 24.0 Å². The fourth-order valence-electron chi connectivity index (χ4n) is 4.51. The third-order valence-corrected chi connectivity index (χ3v) is 6.27. The van der Waals surface area contributed by atoms with Crippen LogP contribution in [0.5, 0.6) is 0 Å². The molecule has 8 nitrogen and oxygen atoms in total. The summed E-state index contributed by atoms with van der Waals surface area (Å²) in [6.07, 6.45) is 5.63. The van der Waals surface area contributed by atoms with Crippen LogP contribution in [0, 0.1) is 19.8 Å². The molecular weight excluding hydrogens is 505 g/mol. The maximum absolute atomic E-state index is 12.6. The SMILES string of the molecule is CN=C(NCCCn1nc(C)cc1C)NCCN1CCN(C(=O)C2CCCC2)CC1.I. The minimum atomic E-state index is 0. The number of aromatic nitrogens is 2. The zero-order chi connectivity index (χ0) is 21.3. The van der Waals surface area contributed by atoms with Crippen LogP contribution in [0.2, 0.25) is 0 Å². The summed E-state index contributed by atoms with van der Waals surface area (Å²) < 4.78 is 2.06. The van der Waals surface area contributed by atoms with Gasteiger partial charge in [-0.15, -0.1) is 24.0 Å². The number of guanidine groups is 1. The summed E-state index contributed by atoms with van der Waals surface area (Å²) >= 11 is 0. The molecule has 0 unspecified atom stereocenters. The molecule has 1 aliphatic carbocycles. The lowest BCUT2D eigenvalue weighted by Crippen LogP contribution is -2.51. The van der Waals surface area contributed by atoms with Crippen molar-refractivity contribution in [2.45, 2.75) is 52.5 Å². The third-order valence-electron chi connectivity index (χ3n) is 6.27. The van der Waals surface area contributed by atoms with Gasteiger partial charge in [0.15, 0.2) is 5.96 Å². The molecule has 0 bridgehead atoms. The van der Waals surface area contributed by atoms with E-state index in [0.717, 1.165) is 83.3 Å². The van der Waals surface area contributed by atoms with Gasteiger partial charge in [-0.2, -0.15) is 5.10 Å². The molecule has 2 aliphatic rings. The molecule has 0 aromatic carbocycles. The molecular formula is C22H40IN7O. The number of nitrogens with one attached hydrogen (secondary N) is 2. The van der Waals surface area contributed by atoms with Crippen molar-refractivity contribution in [1.29, 1.82) is 0 Å². The highest BCUT2D eigenvalue weighted by Gasteiger charge is 2.29. The number of hydrogen-bond donors (Lipinski definition) is 2. The first-order chi connectivity index (χ1) is 14.6. The minimum absolute atomic E-state index is 0. The smallest absolute Gasteiger partial charge is 0.225 e. The number of halogens is 1. The number of rotatable bonds is 8. The molecule has 3 rings (SSSR count). The highest BCUT2D eigenvalue weighted by molar-refractivity contribution is 14.0. The van der Waals surface area contributed by atoms with Gasteiger partial charge in [0, 0.05) is 71.0 Å². The normalized spacial score (nSPS) is 18.2. The van der Waals surface area contributed by atoms with Crippen molar-refractivity contribution in [2.75, 3.05) is 52.9 Å². The Labute approximate surface area is 204 Å². The molecule has 1 aromatic rings. The molecule has 1 aliphatic heterocycles. The molecule has 1 saturated heterocycles. The Morgan fingerprint density at radius 2 is 1.77 bits per heavy atom. The van der Waals surface area contributed by atoms with Crippen molar-refractivity contribution in [2.24, 2.45) is 10.9 Å². The Bertz CT molecular complexity index is 707. The van der Waals surface area contributed by atoms with Gasteiger partial charge in [0.05, 0.1) is 5.69 Å². The summed E-state index contributed by atoms with van der Waals surface area (Å²) in [6, 6.07) is 2.11. The number of carbonyl (C=O) groups excluding carboxylic acids is 1. The quantitative estimate of drug-likeness (QED) is 0.226. The maximum atomic E-state index is 12.6. The Balaban J connectivity index is 0.00000341. The van der Waals surface area contributed by atoms with Gasteiger partial charge < -0.3 is 15.5 Å². The molecule has 9 heteroatoms. The number of aryl methyl sites for hydroxylation is 3. The third kappa shape index (κ3) is 7.93. The molecule has 2 N–H and O–H groups in total. The largest absolute Gasteiger partial charge is 0.356 e. The van der Waals surface area contributed by atoms with E-state index in [2.05, 4.69) is 48.2 Å². The molecule has 0 radical (unpaired) electrons. The Kier molecular flexibility index (Phi) is 11.1. The summed E-state index contributed by atoms with van der Waals surface area (Å²) in [5, 5.41) is 11.3. The summed E-state index contributed by atoms with van der Waals surface area (Å²) in [7, 11) is 1.81. The van der Waals surface area contributed by atoms with Crippen molar-refractivity contribution in [3.05, 3.63) is 17.5 Å². The predicted molar refractivity (Wildman–Crippen MR) is 136 cm³/mol. The fourth-order valence-corrected chi connectivity index (χ4v) is 4.51. The van der Waals surface area contributed by atoms with Gasteiger partial charge in [0.25, 0.3) is 0 Å². The molecule has 31 heavy (non-hydrogen) atoms. The van der Waals surface area contributed by atoms with Crippen LogP contribution in [0.15, 0.2) is 11.1 Å². The lowest BCUT2D eigenvalue weighted by atomic mass is 10.1. The van der Waals surface area contributed by atoms with E-state index in [1.54, 1.807) is 0 Å². The molecule has 2 fully saturated rings. The number of hydrogen-bond acceptors (Lipinski definition) is 4. The number of nitrogens with zero attached hydrogens (tertiary/aromatic N) is 5. The van der Waals surface area contributed by atoms with Crippen molar-refractivity contribution >= 4 is 35.8 Å². The maximum Gasteiger partial charge on any atom is 0.225 e. The monoisotopic (exact) mass is 545 g/mol. The minimum Gasteiger partial charge on any atom is -0.356 e. The second-order valence-corrected chi connectivity index (χ2v) is 8.58.